The van der Waals surface area contributed by atoms with Crippen molar-refractivity contribution in [3.05, 3.63) is 127 Å². The monoisotopic (exact) mass is 463 g/mol. The van der Waals surface area contributed by atoms with E-state index in [1.54, 1.807) is 0 Å². The van der Waals surface area contributed by atoms with Gasteiger partial charge in [-0.2, -0.15) is 0 Å². The topological polar surface area (TPSA) is 20.2 Å². The molecule has 0 aliphatic rings. The van der Waals surface area contributed by atoms with E-state index in [-0.39, 0.29) is 29.2 Å². The first-order chi connectivity index (χ1) is 13.9. The minimum atomic E-state index is -2.14. The summed E-state index contributed by atoms with van der Waals surface area (Å²) in [5, 5.41) is 14.6. The second-order valence-corrected chi connectivity index (χ2v) is 10.5. The zero-order valence-electron chi connectivity index (χ0n) is 16.1. The van der Waals surface area contributed by atoms with Gasteiger partial charge in [-0.1, -0.05) is 84.9 Å². The van der Waals surface area contributed by atoms with Crippen LogP contribution in [0.4, 0.5) is 0 Å². The number of halogens is 1. The molecule has 0 bridgehead atoms. The summed E-state index contributed by atoms with van der Waals surface area (Å²) in [6.45, 7) is 0.0937. The summed E-state index contributed by atoms with van der Waals surface area (Å²) in [4.78, 5) is 0. The maximum atomic E-state index is 10.7. The lowest BCUT2D eigenvalue weighted by Crippen LogP contribution is -2.36. The van der Waals surface area contributed by atoms with Gasteiger partial charge >= 0.3 is 0 Å². The fourth-order valence-electron chi connectivity index (χ4n) is 4.10. The van der Waals surface area contributed by atoms with Crippen LogP contribution in [0.1, 0.15) is 11.2 Å². The number of hydrogen-bond acceptors (Lipinski definition) is 1. The molecule has 0 heterocycles. The maximum absolute atomic E-state index is 10.7. The molecule has 0 fully saturated rings. The third-order valence-electron chi connectivity index (χ3n) is 5.32. The Kier molecular flexibility index (Phi) is 7.39. The molecule has 1 unspecified atom stereocenters. The Morgan fingerprint density at radius 2 is 0.828 bits per heavy atom. The molecule has 0 aliphatic heterocycles. The van der Waals surface area contributed by atoms with Crippen LogP contribution in [0.25, 0.3) is 0 Å². The zero-order valence-corrected chi connectivity index (χ0v) is 18.7. The fraction of sp³-hybridized carbons (Fsp3) is 0.0769. The zero-order chi connectivity index (χ0) is 19.2. The van der Waals surface area contributed by atoms with E-state index in [9.17, 15) is 5.11 Å². The summed E-state index contributed by atoms with van der Waals surface area (Å²) in [6, 6.07) is 42.6. The molecular formula is C26H25BrOP+. The van der Waals surface area contributed by atoms with Gasteiger partial charge in [-0.25, -0.2) is 0 Å². The first-order valence-corrected chi connectivity index (χ1v) is 11.4. The fourth-order valence-corrected chi connectivity index (χ4v) is 8.87. The van der Waals surface area contributed by atoms with Gasteiger partial charge in [-0.3, -0.25) is 0 Å². The largest absolute Gasteiger partial charge is 0.392 e. The van der Waals surface area contributed by atoms with Gasteiger partial charge in [-0.15, -0.1) is 17.0 Å². The quantitative estimate of drug-likeness (QED) is 0.385. The number of benzene rings is 4. The van der Waals surface area contributed by atoms with Gasteiger partial charge in [0, 0.05) is 0 Å². The molecular weight excluding hydrogens is 439 g/mol. The number of hydrogen-bond donors (Lipinski definition) is 1. The van der Waals surface area contributed by atoms with Crippen LogP contribution in [0.2, 0.25) is 0 Å². The van der Waals surface area contributed by atoms with E-state index in [4.69, 9.17) is 0 Å². The molecule has 3 heteroatoms. The van der Waals surface area contributed by atoms with Crippen LogP contribution in [0.5, 0.6) is 0 Å². The molecule has 0 spiro atoms. The highest BCUT2D eigenvalue weighted by molar-refractivity contribution is 8.93. The lowest BCUT2D eigenvalue weighted by Gasteiger charge is -2.34. The maximum Gasteiger partial charge on any atom is 0.132 e. The molecule has 0 aliphatic carbocycles. The Morgan fingerprint density at radius 3 is 1.14 bits per heavy atom. The minimum absolute atomic E-state index is 0. The molecule has 0 saturated carbocycles. The Bertz CT molecular complexity index is 895. The smallest absolute Gasteiger partial charge is 0.132 e. The van der Waals surface area contributed by atoms with E-state index in [2.05, 4.69) is 115 Å². The Hall–Kier alpha value is -2.25. The lowest BCUT2D eigenvalue weighted by atomic mass is 10.1. The van der Waals surface area contributed by atoms with Gasteiger partial charge in [0.2, 0.25) is 0 Å². The molecule has 4 aromatic rings. The molecule has 29 heavy (non-hydrogen) atoms. The molecule has 1 atom stereocenters. The summed E-state index contributed by atoms with van der Waals surface area (Å²) in [7, 11) is -2.14. The van der Waals surface area contributed by atoms with Crippen molar-refractivity contribution >= 4 is 40.2 Å². The number of aliphatic hydroxyl groups is 1. The molecule has 0 aromatic heterocycles. The summed E-state index contributed by atoms with van der Waals surface area (Å²) in [6.07, 6.45) is 0. The van der Waals surface area contributed by atoms with Crippen LogP contribution in [0, 0.1) is 0 Å². The number of rotatable bonds is 6. The van der Waals surface area contributed by atoms with Gasteiger partial charge in [-0.05, 0) is 42.0 Å². The van der Waals surface area contributed by atoms with Crippen molar-refractivity contribution in [3.8, 4) is 0 Å². The molecule has 0 saturated heterocycles. The standard InChI is InChI=1S/C26H24OP.BrH/c27-21-26(22-13-5-1-6-14-22)28(23-15-7-2-8-16-23,24-17-9-3-10-18-24)25-19-11-4-12-20-25;/h1-20,26-27H,21H2;1H/q+1;. The van der Waals surface area contributed by atoms with Gasteiger partial charge in [0.15, 0.2) is 0 Å². The lowest BCUT2D eigenvalue weighted by molar-refractivity contribution is 0.294. The average molecular weight is 464 g/mol. The summed E-state index contributed by atoms with van der Waals surface area (Å²) >= 11 is 0. The predicted molar refractivity (Wildman–Crippen MR) is 132 cm³/mol. The van der Waals surface area contributed by atoms with Crippen LogP contribution in [-0.4, -0.2) is 11.7 Å². The van der Waals surface area contributed by atoms with Crippen LogP contribution in [-0.2, 0) is 0 Å². The third kappa shape index (κ3) is 4.07. The highest BCUT2D eigenvalue weighted by Gasteiger charge is 2.52. The van der Waals surface area contributed by atoms with Crippen molar-refractivity contribution in [3.63, 3.8) is 0 Å². The second-order valence-electron chi connectivity index (χ2n) is 6.84. The van der Waals surface area contributed by atoms with Crippen molar-refractivity contribution in [1.29, 1.82) is 0 Å². The highest BCUT2D eigenvalue weighted by Crippen LogP contribution is 2.66. The second kappa shape index (κ2) is 9.98. The van der Waals surface area contributed by atoms with Gasteiger partial charge in [0.05, 0.1) is 6.61 Å². The molecule has 4 rings (SSSR count). The molecule has 1 N–H and O–H groups in total. The van der Waals surface area contributed by atoms with Crippen LogP contribution < -0.4 is 15.9 Å². The van der Waals surface area contributed by atoms with Gasteiger partial charge in [0.25, 0.3) is 0 Å². The average Bonchev–Trinajstić information content (AvgIpc) is 2.80. The van der Waals surface area contributed by atoms with Crippen molar-refractivity contribution in [2.24, 2.45) is 0 Å². The van der Waals surface area contributed by atoms with Gasteiger partial charge in [0.1, 0.15) is 28.8 Å². The van der Waals surface area contributed by atoms with Crippen molar-refractivity contribution < 1.29 is 5.11 Å². The van der Waals surface area contributed by atoms with Crippen molar-refractivity contribution in [2.45, 2.75) is 5.66 Å². The molecule has 0 amide bonds. The van der Waals surface area contributed by atoms with Crippen molar-refractivity contribution in [1.82, 2.24) is 0 Å². The molecule has 146 valence electrons. The van der Waals surface area contributed by atoms with E-state index >= 15 is 0 Å². The number of aliphatic hydroxyl groups excluding tert-OH is 1. The van der Waals surface area contributed by atoms with E-state index in [0.29, 0.717) is 0 Å². The van der Waals surface area contributed by atoms with E-state index in [0.717, 1.165) is 0 Å². The van der Waals surface area contributed by atoms with Crippen LogP contribution in [0.15, 0.2) is 121 Å². The predicted octanol–water partition coefficient (Wildman–Crippen LogP) is 5.29. The molecule has 4 aromatic carbocycles. The molecule has 1 nitrogen and oxygen atoms in total. The van der Waals surface area contributed by atoms with Crippen LogP contribution >= 0.6 is 24.2 Å². The summed E-state index contributed by atoms with van der Waals surface area (Å²) in [5.41, 5.74) is 1.16. The summed E-state index contributed by atoms with van der Waals surface area (Å²) < 4.78 is 0. The Morgan fingerprint density at radius 1 is 0.517 bits per heavy atom. The van der Waals surface area contributed by atoms with Gasteiger partial charge < -0.3 is 5.11 Å². The normalized spacial score (nSPS) is 12.0. The van der Waals surface area contributed by atoms with E-state index in [1.807, 2.05) is 6.07 Å². The SMILES string of the molecule is Br.OCC(c1ccccc1)[P+](c1ccccc1)(c1ccccc1)c1ccccc1. The third-order valence-corrected chi connectivity index (χ3v) is 10.0. The Labute approximate surface area is 184 Å². The van der Waals surface area contributed by atoms with E-state index < -0.39 is 7.26 Å². The summed E-state index contributed by atoms with van der Waals surface area (Å²) in [5.74, 6) is 0. The highest BCUT2D eigenvalue weighted by atomic mass is 79.9. The first-order valence-electron chi connectivity index (χ1n) is 9.58. The van der Waals surface area contributed by atoms with Crippen molar-refractivity contribution in [2.75, 3.05) is 6.61 Å². The van der Waals surface area contributed by atoms with Crippen LogP contribution in [0.3, 0.4) is 0 Å². The van der Waals surface area contributed by atoms with E-state index in [1.165, 1.54) is 21.5 Å². The Balaban J connectivity index is 0.00000240. The molecule has 0 radical (unpaired) electrons. The minimum Gasteiger partial charge on any atom is -0.392 e. The first kappa shape index (κ1) is 21.5.